The molecule has 1 nitrogen and oxygen atoms in total. The number of methoxy groups -OCH3 is 1. The fourth-order valence-electron chi connectivity index (χ4n) is 2.22. The molecule has 0 fully saturated rings. The van der Waals surface area contributed by atoms with Crippen molar-refractivity contribution in [3.05, 3.63) is 35.4 Å². The molecule has 1 atom stereocenters. The molecule has 1 aromatic carbocycles. The number of alkyl halides is 7. The molecule has 132 valence electrons. The van der Waals surface area contributed by atoms with E-state index in [0.717, 1.165) is 19.1 Å². The summed E-state index contributed by atoms with van der Waals surface area (Å²) in [4.78, 5) is 0. The Morgan fingerprint density at radius 3 is 2.00 bits per heavy atom. The molecule has 0 amide bonds. The summed E-state index contributed by atoms with van der Waals surface area (Å²) in [6.07, 6.45) is -14.4. The fourth-order valence-corrected chi connectivity index (χ4v) is 2.22. The first-order valence-corrected chi connectivity index (χ1v) is 6.90. The number of hydrogen-bond donors (Lipinski definition) is 0. The van der Waals surface area contributed by atoms with Gasteiger partial charge in [0.05, 0.1) is 6.10 Å². The summed E-state index contributed by atoms with van der Waals surface area (Å²) < 4.78 is 94.5. The van der Waals surface area contributed by atoms with Crippen molar-refractivity contribution in [2.24, 2.45) is 0 Å². The molecule has 0 bridgehead atoms. The lowest BCUT2D eigenvalue weighted by molar-refractivity contribution is -0.348. The van der Waals surface area contributed by atoms with Gasteiger partial charge >= 0.3 is 18.0 Å². The third-order valence-electron chi connectivity index (χ3n) is 3.51. The van der Waals surface area contributed by atoms with Gasteiger partial charge in [-0.05, 0) is 17.5 Å². The predicted octanol–water partition coefficient (Wildman–Crippen LogP) is 5.55. The summed E-state index contributed by atoms with van der Waals surface area (Å²) in [5.41, 5.74) is -4.52. The summed E-state index contributed by atoms with van der Waals surface area (Å²) in [6, 6.07) is 5.94. The highest BCUT2D eigenvalue weighted by atomic mass is 19.4. The monoisotopic (exact) mass is 346 g/mol. The lowest BCUT2D eigenvalue weighted by Gasteiger charge is -2.32. The average molecular weight is 346 g/mol. The number of ether oxygens (including phenoxy) is 1. The van der Waals surface area contributed by atoms with Crippen LogP contribution < -0.4 is 0 Å². The molecule has 23 heavy (non-hydrogen) atoms. The Hall–Kier alpha value is -1.31. The zero-order chi connectivity index (χ0) is 17.9. The van der Waals surface area contributed by atoms with Crippen molar-refractivity contribution < 1.29 is 35.5 Å². The number of benzene rings is 1. The average Bonchev–Trinajstić information content (AvgIpc) is 2.42. The van der Waals surface area contributed by atoms with Gasteiger partial charge in [0.25, 0.3) is 0 Å². The van der Waals surface area contributed by atoms with Crippen LogP contribution in [0.2, 0.25) is 0 Å². The van der Waals surface area contributed by atoms with Crippen LogP contribution in [0.1, 0.15) is 37.0 Å². The highest BCUT2D eigenvalue weighted by Crippen LogP contribution is 2.51. The maximum Gasteiger partial charge on any atom is 0.431 e. The van der Waals surface area contributed by atoms with E-state index >= 15 is 0 Å². The first-order valence-electron chi connectivity index (χ1n) is 6.90. The van der Waals surface area contributed by atoms with Crippen LogP contribution in [-0.2, 0) is 11.2 Å². The summed E-state index contributed by atoms with van der Waals surface area (Å²) in [5, 5.41) is 0. The zero-order valence-electron chi connectivity index (χ0n) is 12.6. The molecule has 0 aliphatic heterocycles. The minimum Gasteiger partial charge on any atom is -0.377 e. The summed E-state index contributed by atoms with van der Waals surface area (Å²) >= 11 is 0. The second-order valence-electron chi connectivity index (χ2n) is 5.22. The smallest absolute Gasteiger partial charge is 0.377 e. The van der Waals surface area contributed by atoms with Gasteiger partial charge in [0.15, 0.2) is 0 Å². The van der Waals surface area contributed by atoms with Gasteiger partial charge in [0, 0.05) is 13.5 Å². The number of hydrogen-bond acceptors (Lipinski definition) is 1. The summed E-state index contributed by atoms with van der Waals surface area (Å²) in [6.45, 7) is 1.88. The van der Waals surface area contributed by atoms with Crippen LogP contribution in [0, 0.1) is 0 Å². The molecule has 8 heteroatoms. The first-order chi connectivity index (χ1) is 10.5. The van der Waals surface area contributed by atoms with E-state index in [1.165, 1.54) is 18.2 Å². The van der Waals surface area contributed by atoms with E-state index in [1.54, 1.807) is 6.07 Å². The molecule has 0 heterocycles. The van der Waals surface area contributed by atoms with Crippen molar-refractivity contribution in [2.45, 2.75) is 50.3 Å². The van der Waals surface area contributed by atoms with E-state index in [0.29, 0.717) is 6.42 Å². The largest absolute Gasteiger partial charge is 0.431 e. The summed E-state index contributed by atoms with van der Waals surface area (Å²) in [7, 11) is 0.949. The lowest BCUT2D eigenvalue weighted by atomic mass is 9.91. The Labute approximate surface area is 129 Å². The normalized spacial score (nSPS) is 14.8. The Morgan fingerprint density at radius 2 is 1.57 bits per heavy atom. The van der Waals surface area contributed by atoms with Crippen molar-refractivity contribution in [3.63, 3.8) is 0 Å². The number of rotatable bonds is 6. The molecule has 1 rings (SSSR count). The van der Waals surface area contributed by atoms with Crippen LogP contribution in [0.15, 0.2) is 24.3 Å². The second-order valence-corrected chi connectivity index (χ2v) is 5.22. The van der Waals surface area contributed by atoms with Gasteiger partial charge < -0.3 is 4.74 Å². The quantitative estimate of drug-likeness (QED) is 0.614. The van der Waals surface area contributed by atoms with Crippen molar-refractivity contribution in [1.82, 2.24) is 0 Å². The van der Waals surface area contributed by atoms with Crippen LogP contribution in [0.25, 0.3) is 0 Å². The highest BCUT2D eigenvalue weighted by molar-refractivity contribution is 5.26. The van der Waals surface area contributed by atoms with Gasteiger partial charge in [-0.3, -0.25) is 0 Å². The molecule has 0 aliphatic carbocycles. The molecule has 0 radical (unpaired) electrons. The zero-order valence-corrected chi connectivity index (χ0v) is 12.6. The Balaban J connectivity index is 3.17. The number of halogens is 7. The molecule has 0 aliphatic rings. The van der Waals surface area contributed by atoms with E-state index < -0.39 is 30.5 Å². The molecule has 0 N–H and O–H groups in total. The molecule has 0 spiro atoms. The third-order valence-corrected chi connectivity index (χ3v) is 3.51. The van der Waals surface area contributed by atoms with E-state index in [-0.39, 0.29) is 5.56 Å². The van der Waals surface area contributed by atoms with Crippen molar-refractivity contribution in [3.8, 4) is 0 Å². The lowest BCUT2D eigenvalue weighted by Crippen LogP contribution is -2.54. The molecule has 0 saturated carbocycles. The van der Waals surface area contributed by atoms with Crippen molar-refractivity contribution in [1.29, 1.82) is 0 Å². The van der Waals surface area contributed by atoms with Crippen LogP contribution >= 0.6 is 0 Å². The van der Waals surface area contributed by atoms with E-state index in [4.69, 9.17) is 4.74 Å². The number of aryl methyl sites for hydroxylation is 1. The summed E-state index contributed by atoms with van der Waals surface area (Å²) in [5.74, 6) is 0. The van der Waals surface area contributed by atoms with Crippen LogP contribution in [0.3, 0.4) is 0 Å². The second kappa shape index (κ2) is 7.07. The minimum absolute atomic E-state index is 0.0778. The van der Waals surface area contributed by atoms with Crippen LogP contribution in [0.4, 0.5) is 30.7 Å². The van der Waals surface area contributed by atoms with Gasteiger partial charge in [0.1, 0.15) is 0 Å². The molecular formula is C15H17F7O. The van der Waals surface area contributed by atoms with E-state index in [9.17, 15) is 30.7 Å². The minimum atomic E-state index is -6.08. The van der Waals surface area contributed by atoms with Crippen molar-refractivity contribution >= 4 is 0 Å². The predicted molar refractivity (Wildman–Crippen MR) is 70.8 cm³/mol. The van der Waals surface area contributed by atoms with Gasteiger partial charge in [-0.2, -0.15) is 26.3 Å². The first kappa shape index (κ1) is 19.7. The maximum atomic E-state index is 13.8. The fraction of sp³-hybridized carbons (Fsp3) is 0.600. The third kappa shape index (κ3) is 4.37. The Kier molecular flexibility index (Phi) is 6.06. The molecule has 1 aromatic rings. The SMILES string of the molecule is CCCc1cccc(C(CC(F)(C(F)(F)F)C(F)(F)F)OC)c1. The standard InChI is InChI=1S/C15H17F7O/c1-3-5-10-6-4-7-11(8-10)12(23-2)9-13(16,14(17,18)19)15(20,21)22/h4,6-8,12H,3,5,9H2,1-2H3. The van der Waals surface area contributed by atoms with E-state index in [1.807, 2.05) is 6.92 Å². The molecule has 0 aromatic heterocycles. The van der Waals surface area contributed by atoms with Crippen LogP contribution in [0.5, 0.6) is 0 Å². The molecular weight excluding hydrogens is 329 g/mol. The van der Waals surface area contributed by atoms with Crippen molar-refractivity contribution in [2.75, 3.05) is 7.11 Å². The van der Waals surface area contributed by atoms with Gasteiger partial charge in [-0.1, -0.05) is 37.6 Å². The Morgan fingerprint density at radius 1 is 1.00 bits per heavy atom. The Bertz CT molecular complexity index is 493. The maximum absolute atomic E-state index is 13.8. The van der Waals surface area contributed by atoms with Gasteiger partial charge in [-0.15, -0.1) is 0 Å². The highest BCUT2D eigenvalue weighted by Gasteiger charge is 2.72. The topological polar surface area (TPSA) is 9.23 Å². The molecule has 1 unspecified atom stereocenters. The van der Waals surface area contributed by atoms with Crippen LogP contribution in [-0.4, -0.2) is 25.1 Å². The van der Waals surface area contributed by atoms with Gasteiger partial charge in [-0.25, -0.2) is 4.39 Å². The van der Waals surface area contributed by atoms with E-state index in [2.05, 4.69) is 0 Å². The molecule has 0 saturated heterocycles. The van der Waals surface area contributed by atoms with Gasteiger partial charge in [0.2, 0.25) is 0 Å².